The maximum absolute atomic E-state index is 11.3. The second-order valence-corrected chi connectivity index (χ2v) is 8.92. The third-order valence-corrected chi connectivity index (χ3v) is 6.70. The Morgan fingerprint density at radius 2 is 1.34 bits per heavy atom. The van der Waals surface area contributed by atoms with E-state index >= 15 is 0 Å². The van der Waals surface area contributed by atoms with Gasteiger partial charge in [-0.05, 0) is 0 Å². The first-order chi connectivity index (χ1) is 15.6. The van der Waals surface area contributed by atoms with Gasteiger partial charge < -0.3 is 0 Å². The molecular weight excluding hydrogens is 457 g/mol. The predicted molar refractivity (Wildman–Crippen MR) is 137 cm³/mol. The predicted octanol–water partition coefficient (Wildman–Crippen LogP) is 5.64. The number of aliphatic hydroxyl groups excluding tert-OH is 1. The first-order valence-corrected chi connectivity index (χ1v) is 11.8. The summed E-state index contributed by atoms with van der Waals surface area (Å²) in [6, 6.07) is 31.1. The molecule has 0 amide bonds. The van der Waals surface area contributed by atoms with Crippen molar-refractivity contribution in [1.82, 2.24) is 4.90 Å². The van der Waals surface area contributed by atoms with Crippen molar-refractivity contribution in [3.05, 3.63) is 126 Å². The zero-order valence-corrected chi connectivity index (χ0v) is 20.3. The van der Waals surface area contributed by atoms with E-state index in [0.29, 0.717) is 6.42 Å². The number of hydrogen-bond acceptors (Lipinski definition) is 2. The van der Waals surface area contributed by atoms with Crippen LogP contribution in [-0.4, -0.2) is 36.2 Å². The number of rotatable bonds is 11. The number of benzene rings is 3. The fraction of sp³-hybridized carbons (Fsp3) is 0.207. The summed E-state index contributed by atoms with van der Waals surface area (Å²) in [5.41, 5.74) is 4.50. The van der Waals surface area contributed by atoms with Crippen molar-refractivity contribution < 1.29 is 5.11 Å². The van der Waals surface area contributed by atoms with E-state index in [9.17, 15) is 5.11 Å². The molecule has 0 spiro atoms. The van der Waals surface area contributed by atoms with Gasteiger partial charge in [0.25, 0.3) is 0 Å². The molecule has 3 heteroatoms. The topological polar surface area (TPSA) is 23.5 Å². The van der Waals surface area contributed by atoms with Crippen LogP contribution in [0.1, 0.15) is 30.0 Å². The van der Waals surface area contributed by atoms with Crippen molar-refractivity contribution in [1.29, 1.82) is 0 Å². The summed E-state index contributed by atoms with van der Waals surface area (Å²) in [5.74, 6) is -0.0973. The SMILES string of the molecule is C=CC[C@@H](C(=[Se])N(Cc1ccccc1)Cc1ccccc1)[C@H](O)/C(C)=C/c1ccccc1. The number of hydrogen-bond donors (Lipinski definition) is 1. The van der Waals surface area contributed by atoms with Crippen LogP contribution in [0.4, 0.5) is 0 Å². The Kier molecular flexibility index (Phi) is 9.25. The number of aliphatic hydroxyl groups is 1. The summed E-state index contributed by atoms with van der Waals surface area (Å²) in [5, 5.41) is 11.3. The molecular formula is C29H31NOSe. The molecule has 0 fully saturated rings. The van der Waals surface area contributed by atoms with Gasteiger partial charge in [0.15, 0.2) is 0 Å². The van der Waals surface area contributed by atoms with Gasteiger partial charge in [-0.1, -0.05) is 0 Å². The summed E-state index contributed by atoms with van der Waals surface area (Å²) in [6.45, 7) is 7.49. The molecule has 2 nitrogen and oxygen atoms in total. The van der Waals surface area contributed by atoms with Gasteiger partial charge in [0.05, 0.1) is 0 Å². The van der Waals surface area contributed by atoms with E-state index in [1.54, 1.807) is 0 Å². The monoisotopic (exact) mass is 489 g/mol. The maximum atomic E-state index is 11.3. The average Bonchev–Trinajstić information content (AvgIpc) is 2.83. The minimum atomic E-state index is -0.612. The minimum absolute atomic E-state index is 0.0973. The Morgan fingerprint density at radius 3 is 1.81 bits per heavy atom. The second kappa shape index (κ2) is 12.4. The zero-order valence-electron chi connectivity index (χ0n) is 18.6. The van der Waals surface area contributed by atoms with Crippen LogP contribution in [0.15, 0.2) is 109 Å². The van der Waals surface area contributed by atoms with Crippen molar-refractivity contribution in [2.24, 2.45) is 5.92 Å². The normalized spacial score (nSPS) is 13.2. The molecule has 3 rings (SSSR count). The van der Waals surface area contributed by atoms with Crippen LogP contribution >= 0.6 is 0 Å². The first kappa shape index (κ1) is 23.9. The third kappa shape index (κ3) is 6.90. The fourth-order valence-corrected chi connectivity index (χ4v) is 4.56. The standard InChI is InChI=1S/C29H31NOSe/c1-3-13-27(28(31)23(2)20-24-14-7-4-8-15-24)29(32)30(21-25-16-9-5-10-17-25)22-26-18-11-6-12-19-26/h3-12,14-20,27-28,31H,1,13,21-22H2,2H3/b23-20+/t27-,28-/m1/s1. The van der Waals surface area contributed by atoms with Gasteiger partial charge >= 0.3 is 201 Å². The Labute approximate surface area is 200 Å². The van der Waals surface area contributed by atoms with Crippen LogP contribution in [0.5, 0.6) is 0 Å². The van der Waals surface area contributed by atoms with Crippen LogP contribution in [0.25, 0.3) is 6.08 Å². The molecule has 3 aromatic rings. The molecule has 0 aliphatic carbocycles. The number of nitrogens with zero attached hydrogens (tertiary/aromatic N) is 1. The summed E-state index contributed by atoms with van der Waals surface area (Å²) in [6.07, 6.45) is 4.03. The fourth-order valence-electron chi connectivity index (χ4n) is 3.81. The molecule has 0 saturated carbocycles. The summed E-state index contributed by atoms with van der Waals surface area (Å²) in [4.78, 5) is 2.33. The number of allylic oxidation sites excluding steroid dienone is 1. The molecule has 0 radical (unpaired) electrons. The van der Waals surface area contributed by atoms with Gasteiger partial charge in [-0.15, -0.1) is 0 Å². The van der Waals surface area contributed by atoms with E-state index in [-0.39, 0.29) is 5.92 Å². The average molecular weight is 489 g/mol. The van der Waals surface area contributed by atoms with Crippen LogP contribution in [0.3, 0.4) is 0 Å². The molecule has 3 aromatic carbocycles. The molecule has 164 valence electrons. The van der Waals surface area contributed by atoms with Crippen molar-refractivity contribution in [3.63, 3.8) is 0 Å². The molecule has 0 saturated heterocycles. The van der Waals surface area contributed by atoms with Gasteiger partial charge in [0.1, 0.15) is 0 Å². The molecule has 1 N–H and O–H groups in total. The van der Waals surface area contributed by atoms with Crippen molar-refractivity contribution in [3.8, 4) is 0 Å². The van der Waals surface area contributed by atoms with E-state index in [2.05, 4.69) is 93.8 Å². The van der Waals surface area contributed by atoms with Crippen LogP contribution < -0.4 is 0 Å². The van der Waals surface area contributed by atoms with Crippen molar-refractivity contribution in [2.45, 2.75) is 32.5 Å². The van der Waals surface area contributed by atoms with Gasteiger partial charge in [-0.3, -0.25) is 0 Å². The van der Waals surface area contributed by atoms with Crippen molar-refractivity contribution >= 4 is 26.2 Å². The van der Waals surface area contributed by atoms with Gasteiger partial charge in [0, 0.05) is 0 Å². The molecule has 32 heavy (non-hydrogen) atoms. The molecule has 0 aliphatic rings. The molecule has 2 atom stereocenters. The van der Waals surface area contributed by atoms with E-state index in [0.717, 1.165) is 28.8 Å². The molecule has 0 heterocycles. The van der Waals surface area contributed by atoms with E-state index < -0.39 is 6.10 Å². The van der Waals surface area contributed by atoms with E-state index in [4.69, 9.17) is 0 Å². The van der Waals surface area contributed by atoms with Gasteiger partial charge in [-0.2, -0.15) is 0 Å². The van der Waals surface area contributed by atoms with Crippen molar-refractivity contribution in [2.75, 3.05) is 0 Å². The first-order valence-electron chi connectivity index (χ1n) is 11.0. The summed E-state index contributed by atoms with van der Waals surface area (Å²) < 4.78 is 1.05. The Morgan fingerprint density at radius 1 is 0.875 bits per heavy atom. The van der Waals surface area contributed by atoms with E-state index in [1.807, 2.05) is 43.3 Å². The molecule has 0 unspecified atom stereocenters. The zero-order chi connectivity index (χ0) is 22.8. The van der Waals surface area contributed by atoms with Gasteiger partial charge in [-0.25, -0.2) is 0 Å². The van der Waals surface area contributed by atoms with Crippen LogP contribution in [0, 0.1) is 5.92 Å². The quantitative estimate of drug-likeness (QED) is 0.279. The Bertz CT molecular complexity index is 973. The van der Waals surface area contributed by atoms with Gasteiger partial charge in [0.2, 0.25) is 0 Å². The molecule has 0 aromatic heterocycles. The Balaban J connectivity index is 1.87. The summed E-state index contributed by atoms with van der Waals surface area (Å²) in [7, 11) is 0. The van der Waals surface area contributed by atoms with E-state index in [1.165, 1.54) is 11.1 Å². The molecule has 0 aliphatic heterocycles. The third-order valence-electron chi connectivity index (χ3n) is 5.52. The second-order valence-electron chi connectivity index (χ2n) is 8.04. The summed E-state index contributed by atoms with van der Waals surface area (Å²) >= 11 is 3.31. The molecule has 0 bridgehead atoms. The van der Waals surface area contributed by atoms with Crippen LogP contribution in [-0.2, 0) is 13.1 Å². The van der Waals surface area contributed by atoms with Crippen LogP contribution in [0.2, 0.25) is 0 Å². The Hall–Kier alpha value is -2.71.